The van der Waals surface area contributed by atoms with E-state index in [4.69, 9.17) is 9.47 Å². The molecule has 0 aliphatic carbocycles. The van der Waals surface area contributed by atoms with Gasteiger partial charge in [0.25, 0.3) is 5.69 Å². The first-order chi connectivity index (χ1) is 14.4. The molecule has 30 heavy (non-hydrogen) atoms. The molecule has 0 bridgehead atoms. The number of hydrogen-bond donors (Lipinski definition) is 2. The zero-order chi connectivity index (χ0) is 21.8. The van der Waals surface area contributed by atoms with Crippen LogP contribution in [0.3, 0.4) is 0 Å². The van der Waals surface area contributed by atoms with Gasteiger partial charge < -0.3 is 25.2 Å². The molecule has 10 nitrogen and oxygen atoms in total. The van der Waals surface area contributed by atoms with Crippen LogP contribution in [0.1, 0.15) is 24.1 Å². The Bertz CT molecular complexity index is 1030. The van der Waals surface area contributed by atoms with Gasteiger partial charge in [0.2, 0.25) is 0 Å². The molecule has 156 valence electrons. The summed E-state index contributed by atoms with van der Waals surface area (Å²) in [6.07, 6.45) is 0. The Balaban J connectivity index is 2.26. The minimum absolute atomic E-state index is 0.0395. The molecule has 10 heteroatoms. The molecule has 1 aliphatic rings. The fourth-order valence-corrected chi connectivity index (χ4v) is 3.14. The number of nitrogens with zero attached hydrogens (tertiary/aromatic N) is 1. The predicted octanol–water partition coefficient (Wildman–Crippen LogP) is 2.01. The summed E-state index contributed by atoms with van der Waals surface area (Å²) < 4.78 is 10.1. The zero-order valence-electron chi connectivity index (χ0n) is 16.1. The maximum absolute atomic E-state index is 12.8. The SMILES string of the molecule is CCOC(=O)C1=C(c2ccccc2)NC(=O)N[C@H]1c1cc(OC)c([O-])c([N+](=O)[O-])c1. The van der Waals surface area contributed by atoms with Gasteiger partial charge in [-0.25, -0.2) is 9.59 Å². The highest BCUT2D eigenvalue weighted by Crippen LogP contribution is 2.40. The number of nitrogens with one attached hydrogen (secondary N) is 2. The molecule has 2 N–H and O–H groups in total. The van der Waals surface area contributed by atoms with Crippen molar-refractivity contribution >= 4 is 23.4 Å². The van der Waals surface area contributed by atoms with Crippen molar-refractivity contribution in [2.24, 2.45) is 0 Å². The van der Waals surface area contributed by atoms with Gasteiger partial charge in [-0.05, 0) is 24.1 Å². The number of amides is 2. The largest absolute Gasteiger partial charge is 0.865 e. The number of carbonyl (C=O) groups excluding carboxylic acids is 2. The van der Waals surface area contributed by atoms with Crippen molar-refractivity contribution in [2.45, 2.75) is 13.0 Å². The molecular formula is C20H18N3O7-. The standard InChI is InChI=1S/C20H19N3O7/c1-3-30-19(25)15-16(11-7-5-4-6-8-11)21-20(26)22-17(15)12-9-13(23(27)28)18(24)14(10-12)29-2/h4-10,17,24H,3H2,1-2H3,(H2,21,22,26)/p-1/t17-/m0/s1. The number of rotatable bonds is 6. The van der Waals surface area contributed by atoms with Crippen molar-refractivity contribution in [3.8, 4) is 11.5 Å². The molecule has 0 saturated carbocycles. The van der Waals surface area contributed by atoms with E-state index in [9.17, 15) is 24.8 Å². The molecule has 1 atom stereocenters. The summed E-state index contributed by atoms with van der Waals surface area (Å²) in [6.45, 7) is 1.71. The zero-order valence-corrected chi connectivity index (χ0v) is 16.1. The Morgan fingerprint density at radius 2 is 1.93 bits per heavy atom. The van der Waals surface area contributed by atoms with Crippen LogP contribution < -0.4 is 20.5 Å². The summed E-state index contributed by atoms with van der Waals surface area (Å²) in [5.41, 5.74) is 0.182. The number of methoxy groups -OCH3 is 1. The number of benzene rings is 2. The summed E-state index contributed by atoms with van der Waals surface area (Å²) in [5, 5.41) is 28.7. The van der Waals surface area contributed by atoms with Crippen molar-refractivity contribution in [2.75, 3.05) is 13.7 Å². The Morgan fingerprint density at radius 1 is 1.23 bits per heavy atom. The Labute approximate surface area is 171 Å². The van der Waals surface area contributed by atoms with Crippen LogP contribution in [0.15, 0.2) is 48.0 Å². The van der Waals surface area contributed by atoms with E-state index in [2.05, 4.69) is 10.6 Å². The van der Waals surface area contributed by atoms with Gasteiger partial charge in [0, 0.05) is 11.8 Å². The van der Waals surface area contributed by atoms with Crippen LogP contribution in [0.2, 0.25) is 0 Å². The van der Waals surface area contributed by atoms with Crippen molar-refractivity contribution in [1.29, 1.82) is 0 Å². The van der Waals surface area contributed by atoms with Crippen molar-refractivity contribution in [1.82, 2.24) is 10.6 Å². The van der Waals surface area contributed by atoms with Gasteiger partial charge in [0.15, 0.2) is 0 Å². The molecule has 1 aliphatic heterocycles. The second-order valence-electron chi connectivity index (χ2n) is 6.24. The molecule has 0 unspecified atom stereocenters. The average Bonchev–Trinajstić information content (AvgIpc) is 2.73. The smallest absolute Gasteiger partial charge is 0.338 e. The van der Waals surface area contributed by atoms with E-state index >= 15 is 0 Å². The van der Waals surface area contributed by atoms with Crippen LogP contribution in [0.4, 0.5) is 10.5 Å². The first-order valence-electron chi connectivity index (χ1n) is 8.94. The Hall–Kier alpha value is -4.08. The molecule has 0 spiro atoms. The molecule has 0 radical (unpaired) electrons. The van der Waals surface area contributed by atoms with Gasteiger partial charge in [-0.15, -0.1) is 0 Å². The lowest BCUT2D eigenvalue weighted by Crippen LogP contribution is -2.45. The van der Waals surface area contributed by atoms with Gasteiger partial charge >= 0.3 is 12.0 Å². The third-order valence-corrected chi connectivity index (χ3v) is 4.44. The van der Waals surface area contributed by atoms with E-state index in [-0.39, 0.29) is 29.2 Å². The second kappa shape index (κ2) is 8.52. The number of ether oxygens (including phenoxy) is 2. The number of esters is 1. The summed E-state index contributed by atoms with van der Waals surface area (Å²) >= 11 is 0. The molecule has 1 heterocycles. The normalized spacial score (nSPS) is 15.8. The monoisotopic (exact) mass is 412 g/mol. The van der Waals surface area contributed by atoms with Crippen molar-refractivity contribution < 1.29 is 29.1 Å². The van der Waals surface area contributed by atoms with E-state index in [0.29, 0.717) is 5.56 Å². The third-order valence-electron chi connectivity index (χ3n) is 4.44. The van der Waals surface area contributed by atoms with Crippen LogP contribution in [-0.4, -0.2) is 30.6 Å². The average molecular weight is 412 g/mol. The highest BCUT2D eigenvalue weighted by molar-refractivity contribution is 6.04. The topological polar surface area (TPSA) is 143 Å². The third kappa shape index (κ3) is 3.88. The summed E-state index contributed by atoms with van der Waals surface area (Å²) in [5.74, 6) is -1.91. The number of carbonyl (C=O) groups is 2. The molecule has 2 aromatic rings. The number of nitro groups is 1. The lowest BCUT2D eigenvalue weighted by molar-refractivity contribution is -0.398. The van der Waals surface area contributed by atoms with Crippen molar-refractivity contribution in [3.05, 3.63) is 69.3 Å². The van der Waals surface area contributed by atoms with Gasteiger partial charge in [-0.3, -0.25) is 10.1 Å². The van der Waals surface area contributed by atoms with Crippen LogP contribution in [0.25, 0.3) is 5.70 Å². The minimum Gasteiger partial charge on any atom is -0.865 e. The molecule has 0 fully saturated rings. The molecule has 2 aromatic carbocycles. The Kier molecular flexibility index (Phi) is 5.86. The van der Waals surface area contributed by atoms with Gasteiger partial charge in [-0.1, -0.05) is 30.3 Å². The Morgan fingerprint density at radius 3 is 2.53 bits per heavy atom. The quantitative estimate of drug-likeness (QED) is 0.420. The van der Waals surface area contributed by atoms with E-state index in [1.165, 1.54) is 13.2 Å². The maximum Gasteiger partial charge on any atom is 0.338 e. The summed E-state index contributed by atoms with van der Waals surface area (Å²) in [6, 6.07) is 9.16. The first kappa shape index (κ1) is 20.6. The van der Waals surface area contributed by atoms with Gasteiger partial charge in [0.05, 0.1) is 36.0 Å². The molecular weight excluding hydrogens is 394 g/mol. The van der Waals surface area contributed by atoms with E-state index in [1.807, 2.05) is 0 Å². The second-order valence-corrected chi connectivity index (χ2v) is 6.24. The van der Waals surface area contributed by atoms with E-state index in [1.54, 1.807) is 37.3 Å². The fraction of sp³-hybridized carbons (Fsp3) is 0.200. The van der Waals surface area contributed by atoms with Crippen molar-refractivity contribution in [3.63, 3.8) is 0 Å². The predicted molar refractivity (Wildman–Crippen MR) is 103 cm³/mol. The van der Waals surface area contributed by atoms with E-state index < -0.39 is 34.4 Å². The maximum atomic E-state index is 12.8. The van der Waals surface area contributed by atoms with Crippen LogP contribution in [0.5, 0.6) is 11.5 Å². The lowest BCUT2D eigenvalue weighted by Gasteiger charge is -2.30. The van der Waals surface area contributed by atoms with Crippen LogP contribution >= 0.6 is 0 Å². The highest BCUT2D eigenvalue weighted by Gasteiger charge is 2.35. The summed E-state index contributed by atoms with van der Waals surface area (Å²) in [7, 11) is 1.20. The van der Waals surface area contributed by atoms with Gasteiger partial charge in [0.1, 0.15) is 5.75 Å². The molecule has 0 saturated heterocycles. The molecule has 0 aromatic heterocycles. The fourth-order valence-electron chi connectivity index (χ4n) is 3.14. The number of hydrogen-bond acceptors (Lipinski definition) is 7. The summed E-state index contributed by atoms with van der Waals surface area (Å²) in [4.78, 5) is 35.7. The first-order valence-corrected chi connectivity index (χ1v) is 8.94. The minimum atomic E-state index is -1.11. The number of urea groups is 1. The van der Waals surface area contributed by atoms with Crippen LogP contribution in [0, 0.1) is 10.1 Å². The van der Waals surface area contributed by atoms with Crippen LogP contribution in [-0.2, 0) is 9.53 Å². The molecule has 2 amide bonds. The van der Waals surface area contributed by atoms with Gasteiger partial charge in [-0.2, -0.15) is 0 Å². The lowest BCUT2D eigenvalue weighted by atomic mass is 9.92. The van der Waals surface area contributed by atoms with E-state index in [0.717, 1.165) is 6.07 Å². The molecule has 3 rings (SSSR count). The number of nitro benzene ring substituents is 1. The highest BCUT2D eigenvalue weighted by atomic mass is 16.6.